The van der Waals surface area contributed by atoms with Gasteiger partial charge in [-0.2, -0.15) is 4.99 Å². The Morgan fingerprint density at radius 1 is 1.26 bits per heavy atom. The molecule has 0 saturated heterocycles. The lowest BCUT2D eigenvalue weighted by molar-refractivity contribution is -0.141. The molecule has 1 aliphatic heterocycles. The Labute approximate surface area is 203 Å². The summed E-state index contributed by atoms with van der Waals surface area (Å²) in [6.07, 6.45) is 11.7. The Morgan fingerprint density at radius 3 is 2.80 bits per heavy atom. The summed E-state index contributed by atoms with van der Waals surface area (Å²) in [5, 5.41) is 0. The number of aromatic nitrogens is 3. The van der Waals surface area contributed by atoms with Crippen LogP contribution in [0, 0.1) is 6.92 Å². The molecule has 35 heavy (non-hydrogen) atoms. The van der Waals surface area contributed by atoms with E-state index in [4.69, 9.17) is 4.74 Å². The molecule has 1 fully saturated rings. The number of hydrogen-bond donors (Lipinski definition) is 0. The van der Waals surface area contributed by atoms with Gasteiger partial charge in [-0.15, -0.1) is 0 Å². The van der Waals surface area contributed by atoms with Gasteiger partial charge in [-0.1, -0.05) is 18.2 Å². The van der Waals surface area contributed by atoms with E-state index in [0.29, 0.717) is 43.0 Å². The molecular weight excluding hydrogens is 446 g/mol. The fourth-order valence-corrected chi connectivity index (χ4v) is 5.14. The quantitative estimate of drug-likeness (QED) is 0.428. The van der Waals surface area contributed by atoms with Crippen molar-refractivity contribution in [2.24, 2.45) is 4.99 Å². The molecule has 1 unspecified atom stereocenters. The van der Waals surface area contributed by atoms with Crippen LogP contribution in [0.15, 0.2) is 45.9 Å². The number of imidazole rings is 1. The van der Waals surface area contributed by atoms with Crippen molar-refractivity contribution in [2.45, 2.75) is 71.0 Å². The highest BCUT2D eigenvalue weighted by atomic mass is 16.5. The number of nitrogens with zero attached hydrogens (tertiary/aromatic N) is 5. The van der Waals surface area contributed by atoms with Gasteiger partial charge in [-0.25, -0.2) is 9.78 Å². The molecular formula is C26H31N5O4. The number of rotatable bonds is 8. The van der Waals surface area contributed by atoms with Gasteiger partial charge < -0.3 is 9.64 Å². The molecule has 3 aliphatic rings. The number of amides is 1. The Kier molecular flexibility index (Phi) is 5.94. The molecule has 5 rings (SSSR count). The third kappa shape index (κ3) is 4.24. The molecule has 2 aromatic heterocycles. The van der Waals surface area contributed by atoms with Gasteiger partial charge in [0.1, 0.15) is 5.84 Å². The van der Waals surface area contributed by atoms with Crippen molar-refractivity contribution in [1.29, 1.82) is 0 Å². The zero-order valence-electron chi connectivity index (χ0n) is 20.5. The van der Waals surface area contributed by atoms with E-state index in [1.165, 1.54) is 6.92 Å². The van der Waals surface area contributed by atoms with Gasteiger partial charge in [0, 0.05) is 31.3 Å². The summed E-state index contributed by atoms with van der Waals surface area (Å²) in [7, 11) is 0. The molecule has 9 nitrogen and oxygen atoms in total. The summed E-state index contributed by atoms with van der Waals surface area (Å²) in [5.74, 6) is 0.0159. The number of hydrogen-bond acceptors (Lipinski definition) is 6. The van der Waals surface area contributed by atoms with Crippen LogP contribution in [0.5, 0.6) is 0 Å². The number of aliphatic imine (C=N–C) groups is 1. The number of unbranched alkanes of at least 4 members (excludes halogenated alkanes) is 1. The van der Waals surface area contributed by atoms with E-state index in [1.807, 2.05) is 29.7 Å². The third-order valence-electron chi connectivity index (χ3n) is 7.09. The van der Waals surface area contributed by atoms with Crippen molar-refractivity contribution in [3.8, 4) is 0 Å². The first kappa shape index (κ1) is 23.3. The minimum absolute atomic E-state index is 0.111. The molecule has 0 aromatic carbocycles. The highest BCUT2D eigenvalue weighted by Gasteiger charge is 2.44. The van der Waals surface area contributed by atoms with Gasteiger partial charge in [0.05, 0.1) is 24.2 Å². The molecule has 184 valence electrons. The summed E-state index contributed by atoms with van der Waals surface area (Å²) in [6, 6.07) is 2.21. The van der Waals surface area contributed by atoms with Crippen LogP contribution in [0.3, 0.4) is 0 Å². The number of esters is 1. The summed E-state index contributed by atoms with van der Waals surface area (Å²) in [6.45, 7) is 6.58. The Morgan fingerprint density at radius 2 is 2.06 bits per heavy atom. The van der Waals surface area contributed by atoms with E-state index in [-0.39, 0.29) is 30.2 Å². The van der Waals surface area contributed by atoms with E-state index < -0.39 is 5.54 Å². The van der Waals surface area contributed by atoms with E-state index in [9.17, 15) is 14.4 Å². The number of ether oxygens (including phenoxy) is 1. The molecule has 0 N–H and O–H groups in total. The smallest absolute Gasteiger partial charge is 0.331 e. The minimum Gasteiger partial charge on any atom is -0.466 e. The average molecular weight is 478 g/mol. The fraction of sp³-hybridized carbons (Fsp3) is 0.500. The predicted molar refractivity (Wildman–Crippen MR) is 132 cm³/mol. The van der Waals surface area contributed by atoms with Crippen LogP contribution >= 0.6 is 0 Å². The zero-order valence-corrected chi connectivity index (χ0v) is 20.5. The van der Waals surface area contributed by atoms with Gasteiger partial charge in [0.2, 0.25) is 0 Å². The first-order valence-corrected chi connectivity index (χ1v) is 12.3. The van der Waals surface area contributed by atoms with Crippen LogP contribution in [0.1, 0.15) is 57.6 Å². The van der Waals surface area contributed by atoms with Crippen molar-refractivity contribution in [3.63, 3.8) is 0 Å². The van der Waals surface area contributed by atoms with Crippen molar-refractivity contribution in [3.05, 3.63) is 52.1 Å². The second-order valence-corrected chi connectivity index (χ2v) is 9.84. The summed E-state index contributed by atoms with van der Waals surface area (Å²) in [5.41, 5.74) is 2.45. The Bertz CT molecular complexity index is 1340. The lowest BCUT2D eigenvalue weighted by Gasteiger charge is -2.47. The number of carbonyl (C=O) groups excluding carboxylic acids is 2. The van der Waals surface area contributed by atoms with Crippen LogP contribution in [0.25, 0.3) is 11.2 Å². The number of pyridine rings is 1. The second-order valence-electron chi connectivity index (χ2n) is 9.84. The Hall–Kier alpha value is -3.49. The van der Waals surface area contributed by atoms with Crippen LogP contribution in [-0.2, 0) is 20.9 Å². The van der Waals surface area contributed by atoms with Crippen LogP contribution in [0.2, 0.25) is 0 Å². The van der Waals surface area contributed by atoms with Crippen molar-refractivity contribution >= 4 is 28.9 Å². The van der Waals surface area contributed by atoms with Gasteiger partial charge >= 0.3 is 11.7 Å². The Balaban J connectivity index is 1.50. The fourth-order valence-electron chi connectivity index (χ4n) is 5.14. The first-order valence-electron chi connectivity index (χ1n) is 12.3. The van der Waals surface area contributed by atoms with E-state index >= 15 is 0 Å². The lowest BCUT2D eigenvalue weighted by atomic mass is 9.81. The molecule has 0 spiro atoms. The van der Waals surface area contributed by atoms with E-state index in [0.717, 1.165) is 30.3 Å². The maximum absolute atomic E-state index is 13.5. The molecule has 1 amide bonds. The molecule has 1 saturated carbocycles. The molecule has 3 heterocycles. The largest absolute Gasteiger partial charge is 0.466 e. The molecule has 1 atom stereocenters. The number of allylic oxidation sites excluding steroid dienone is 2. The number of aryl methyl sites for hydroxylation is 1. The normalized spacial score (nSPS) is 21.7. The monoisotopic (exact) mass is 477 g/mol. The summed E-state index contributed by atoms with van der Waals surface area (Å²) in [4.78, 5) is 48.9. The molecule has 9 heteroatoms. The standard InChI is InChI=1S/C26H31N5O4/c1-17-14-21-23(27-15-17)29(25(34)31(21)19-9-10-19)16-22-28-24(33)20-8-4-5-11-26(20,3)30(22)12-6-7-13-35-18(2)32/h4-5,8,14-15,19H,6-7,9-13,16H2,1-3H3. The molecule has 2 aromatic rings. The molecule has 0 bridgehead atoms. The summed E-state index contributed by atoms with van der Waals surface area (Å²) >= 11 is 0. The highest BCUT2D eigenvalue weighted by Crippen LogP contribution is 2.38. The third-order valence-corrected chi connectivity index (χ3v) is 7.09. The molecule has 2 aliphatic carbocycles. The van der Waals surface area contributed by atoms with Gasteiger partial charge in [0.15, 0.2) is 5.65 Å². The SMILES string of the molecule is CC(=O)OCCCCN1C(Cn2c(=O)n(C3CC3)c3cc(C)cnc32)=NC(=O)C2=CC=CCC21C. The summed E-state index contributed by atoms with van der Waals surface area (Å²) < 4.78 is 8.59. The van der Waals surface area contributed by atoms with E-state index in [2.05, 4.69) is 27.9 Å². The van der Waals surface area contributed by atoms with Crippen LogP contribution in [0.4, 0.5) is 0 Å². The number of amidine groups is 1. The first-order chi connectivity index (χ1) is 16.8. The second kappa shape index (κ2) is 8.94. The lowest BCUT2D eigenvalue weighted by Crippen LogP contribution is -2.57. The molecule has 0 radical (unpaired) electrons. The maximum atomic E-state index is 13.5. The van der Waals surface area contributed by atoms with E-state index in [1.54, 1.807) is 10.8 Å². The topological polar surface area (TPSA) is 98.8 Å². The zero-order chi connectivity index (χ0) is 24.7. The van der Waals surface area contributed by atoms with Gasteiger partial charge in [-0.05, 0) is 57.6 Å². The minimum atomic E-state index is -0.549. The maximum Gasteiger partial charge on any atom is 0.331 e. The number of fused-ring (bicyclic) bond motifs is 2. The van der Waals surface area contributed by atoms with Gasteiger partial charge in [0.25, 0.3) is 5.91 Å². The van der Waals surface area contributed by atoms with Gasteiger partial charge in [-0.3, -0.25) is 18.7 Å². The van der Waals surface area contributed by atoms with Crippen molar-refractivity contribution in [1.82, 2.24) is 19.0 Å². The number of carbonyl (C=O) groups is 2. The van der Waals surface area contributed by atoms with Crippen LogP contribution in [-0.4, -0.2) is 55.4 Å². The van der Waals surface area contributed by atoms with Crippen LogP contribution < -0.4 is 5.69 Å². The highest BCUT2D eigenvalue weighted by molar-refractivity contribution is 6.08. The van der Waals surface area contributed by atoms with Crippen molar-refractivity contribution < 1.29 is 14.3 Å². The average Bonchev–Trinajstić information content (AvgIpc) is 3.60. The predicted octanol–water partition coefficient (Wildman–Crippen LogP) is 3.07. The van der Waals surface area contributed by atoms with Crippen molar-refractivity contribution in [2.75, 3.05) is 13.2 Å².